The highest BCUT2D eigenvalue weighted by molar-refractivity contribution is 7.90. The van der Waals surface area contributed by atoms with Gasteiger partial charge in [0.1, 0.15) is 0 Å². The summed E-state index contributed by atoms with van der Waals surface area (Å²) < 4.78 is 50.9. The standard InChI is InChI=1S/C20H27NO5S2/c1-20(2,3)15-21(14-19(22)16-8-6-5-7-9-16)28(25,26)18-12-10-17(11-13-18)27(4,23)24/h5-13,19,22H,14-15H2,1-4H3/t19-/m0/s1. The molecule has 2 rings (SSSR count). The molecular formula is C20H27NO5S2. The van der Waals surface area contributed by atoms with E-state index in [1.807, 2.05) is 26.8 Å². The van der Waals surface area contributed by atoms with Gasteiger partial charge in [0.05, 0.1) is 15.9 Å². The van der Waals surface area contributed by atoms with Gasteiger partial charge in [0.25, 0.3) is 0 Å². The molecule has 154 valence electrons. The number of aliphatic hydroxyl groups excluding tert-OH is 1. The Morgan fingerprint density at radius 2 is 1.39 bits per heavy atom. The molecule has 1 atom stereocenters. The SMILES string of the molecule is CC(C)(C)CN(C[C@H](O)c1ccccc1)S(=O)(=O)c1ccc(S(C)(=O)=O)cc1. The zero-order valence-corrected chi connectivity index (χ0v) is 18.2. The molecule has 2 aromatic carbocycles. The summed E-state index contributed by atoms with van der Waals surface area (Å²) in [6.45, 7) is 5.84. The van der Waals surface area contributed by atoms with Crippen LogP contribution in [0.3, 0.4) is 0 Å². The van der Waals surface area contributed by atoms with Gasteiger partial charge in [0.15, 0.2) is 9.84 Å². The van der Waals surface area contributed by atoms with Gasteiger partial charge in [0.2, 0.25) is 10.0 Å². The van der Waals surface area contributed by atoms with E-state index in [0.717, 1.165) is 6.26 Å². The van der Waals surface area contributed by atoms with Crippen molar-refractivity contribution in [2.75, 3.05) is 19.3 Å². The van der Waals surface area contributed by atoms with E-state index in [-0.39, 0.29) is 28.3 Å². The number of aliphatic hydroxyl groups is 1. The number of rotatable bonds is 7. The zero-order chi connectivity index (χ0) is 21.2. The quantitative estimate of drug-likeness (QED) is 0.736. The van der Waals surface area contributed by atoms with Crippen molar-refractivity contribution in [1.82, 2.24) is 4.31 Å². The van der Waals surface area contributed by atoms with Crippen molar-refractivity contribution >= 4 is 19.9 Å². The van der Waals surface area contributed by atoms with Gasteiger partial charge >= 0.3 is 0 Å². The fourth-order valence-corrected chi connectivity index (χ4v) is 5.06. The molecule has 0 aliphatic heterocycles. The number of nitrogens with zero attached hydrogens (tertiary/aromatic N) is 1. The Hall–Kier alpha value is -1.74. The largest absolute Gasteiger partial charge is 0.387 e. The molecule has 0 aliphatic rings. The summed E-state index contributed by atoms with van der Waals surface area (Å²) in [7, 11) is -7.34. The third-order valence-corrected chi connectivity index (χ3v) is 7.06. The fraction of sp³-hybridized carbons (Fsp3) is 0.400. The average Bonchev–Trinajstić information content (AvgIpc) is 2.60. The Morgan fingerprint density at radius 3 is 1.86 bits per heavy atom. The molecule has 1 N–H and O–H groups in total. The van der Waals surface area contributed by atoms with Crippen molar-refractivity contribution in [2.24, 2.45) is 5.41 Å². The molecule has 0 aromatic heterocycles. The smallest absolute Gasteiger partial charge is 0.243 e. The Morgan fingerprint density at radius 1 is 0.893 bits per heavy atom. The van der Waals surface area contributed by atoms with Gasteiger partial charge in [0, 0.05) is 19.3 Å². The molecule has 0 saturated heterocycles. The molecule has 2 aromatic rings. The molecule has 0 saturated carbocycles. The predicted molar refractivity (Wildman–Crippen MR) is 109 cm³/mol. The molecule has 0 heterocycles. The van der Waals surface area contributed by atoms with Crippen LogP contribution >= 0.6 is 0 Å². The molecule has 6 nitrogen and oxygen atoms in total. The Balaban J connectivity index is 2.38. The lowest BCUT2D eigenvalue weighted by molar-refractivity contribution is 0.134. The van der Waals surface area contributed by atoms with E-state index in [2.05, 4.69) is 0 Å². The number of sulfonamides is 1. The highest BCUT2D eigenvalue weighted by Gasteiger charge is 2.31. The van der Waals surface area contributed by atoms with Crippen LogP contribution in [-0.4, -0.2) is 45.6 Å². The third kappa shape index (κ3) is 5.88. The number of benzene rings is 2. The first kappa shape index (κ1) is 22.5. The summed E-state index contributed by atoms with van der Waals surface area (Å²) >= 11 is 0. The lowest BCUT2D eigenvalue weighted by atomic mass is 9.97. The first-order chi connectivity index (χ1) is 12.8. The van der Waals surface area contributed by atoms with Crippen molar-refractivity contribution in [3.05, 3.63) is 60.2 Å². The van der Waals surface area contributed by atoms with E-state index >= 15 is 0 Å². The molecule has 28 heavy (non-hydrogen) atoms. The summed E-state index contributed by atoms with van der Waals surface area (Å²) in [6, 6.07) is 14.0. The lowest BCUT2D eigenvalue weighted by Crippen LogP contribution is -2.40. The van der Waals surface area contributed by atoms with Crippen LogP contribution < -0.4 is 0 Å². The molecule has 0 unspecified atom stereocenters. The topological polar surface area (TPSA) is 91.8 Å². The second-order valence-corrected chi connectivity index (χ2v) is 12.0. The first-order valence-electron chi connectivity index (χ1n) is 8.84. The summed E-state index contributed by atoms with van der Waals surface area (Å²) in [4.78, 5) is 0.0440. The van der Waals surface area contributed by atoms with Crippen LogP contribution in [-0.2, 0) is 19.9 Å². The maximum Gasteiger partial charge on any atom is 0.243 e. The number of sulfone groups is 1. The summed E-state index contributed by atoms with van der Waals surface area (Å²) in [5.74, 6) is 0. The van der Waals surface area contributed by atoms with E-state index in [1.165, 1.54) is 28.6 Å². The third-order valence-electron chi connectivity index (χ3n) is 4.10. The fourth-order valence-electron chi connectivity index (χ4n) is 2.76. The Labute approximate surface area is 167 Å². The van der Waals surface area contributed by atoms with Crippen molar-refractivity contribution in [2.45, 2.75) is 36.7 Å². The van der Waals surface area contributed by atoms with Crippen LogP contribution in [0.15, 0.2) is 64.4 Å². The monoisotopic (exact) mass is 425 g/mol. The van der Waals surface area contributed by atoms with Gasteiger partial charge in [-0.1, -0.05) is 51.1 Å². The molecule has 0 aliphatic carbocycles. The molecular weight excluding hydrogens is 398 g/mol. The van der Waals surface area contributed by atoms with Gasteiger partial charge in [-0.15, -0.1) is 0 Å². The van der Waals surface area contributed by atoms with Crippen LogP contribution in [0.1, 0.15) is 32.4 Å². The van der Waals surface area contributed by atoms with Crippen molar-refractivity contribution < 1.29 is 21.9 Å². The molecule has 0 fully saturated rings. The van der Waals surface area contributed by atoms with Crippen LogP contribution in [0.5, 0.6) is 0 Å². The van der Waals surface area contributed by atoms with Crippen molar-refractivity contribution in [3.8, 4) is 0 Å². The minimum atomic E-state index is -3.92. The van der Waals surface area contributed by atoms with Gasteiger partial charge in [-0.2, -0.15) is 4.31 Å². The molecule has 0 spiro atoms. The summed E-state index contributed by atoms with van der Waals surface area (Å²) in [5.41, 5.74) is 0.292. The summed E-state index contributed by atoms with van der Waals surface area (Å²) in [5, 5.41) is 10.6. The van der Waals surface area contributed by atoms with Crippen LogP contribution in [0, 0.1) is 5.41 Å². The molecule has 0 radical (unpaired) electrons. The summed E-state index contributed by atoms with van der Waals surface area (Å²) in [6.07, 6.45) is 0.0900. The van der Waals surface area contributed by atoms with Crippen LogP contribution in [0.25, 0.3) is 0 Å². The molecule has 0 bridgehead atoms. The normalized spacial score (nSPS) is 14.2. The Bertz CT molecular complexity index is 993. The average molecular weight is 426 g/mol. The van der Waals surface area contributed by atoms with Crippen LogP contribution in [0.4, 0.5) is 0 Å². The van der Waals surface area contributed by atoms with Gasteiger partial charge in [-0.25, -0.2) is 16.8 Å². The van der Waals surface area contributed by atoms with E-state index in [4.69, 9.17) is 0 Å². The van der Waals surface area contributed by atoms with E-state index < -0.39 is 26.0 Å². The number of hydrogen-bond acceptors (Lipinski definition) is 5. The molecule has 0 amide bonds. The second kappa shape index (κ2) is 8.32. The molecule has 8 heteroatoms. The zero-order valence-electron chi connectivity index (χ0n) is 16.5. The maximum absolute atomic E-state index is 13.2. The minimum Gasteiger partial charge on any atom is -0.387 e. The lowest BCUT2D eigenvalue weighted by Gasteiger charge is -2.31. The van der Waals surface area contributed by atoms with Gasteiger partial charge in [-0.3, -0.25) is 0 Å². The van der Waals surface area contributed by atoms with Gasteiger partial charge < -0.3 is 5.11 Å². The van der Waals surface area contributed by atoms with Crippen molar-refractivity contribution in [3.63, 3.8) is 0 Å². The second-order valence-electron chi connectivity index (χ2n) is 8.03. The van der Waals surface area contributed by atoms with E-state index in [0.29, 0.717) is 5.56 Å². The minimum absolute atomic E-state index is 0.00980. The first-order valence-corrected chi connectivity index (χ1v) is 12.2. The highest BCUT2D eigenvalue weighted by atomic mass is 32.2. The van der Waals surface area contributed by atoms with Crippen LogP contribution in [0.2, 0.25) is 0 Å². The predicted octanol–water partition coefficient (Wildman–Crippen LogP) is 2.86. The van der Waals surface area contributed by atoms with E-state index in [1.54, 1.807) is 24.3 Å². The van der Waals surface area contributed by atoms with E-state index in [9.17, 15) is 21.9 Å². The van der Waals surface area contributed by atoms with Gasteiger partial charge in [-0.05, 0) is 35.2 Å². The highest BCUT2D eigenvalue weighted by Crippen LogP contribution is 2.26. The number of hydrogen-bond donors (Lipinski definition) is 1. The maximum atomic E-state index is 13.2. The van der Waals surface area contributed by atoms with Crippen molar-refractivity contribution in [1.29, 1.82) is 0 Å². The Kier molecular flexibility index (Phi) is 6.70.